The maximum absolute atomic E-state index is 14.0. The van der Waals surface area contributed by atoms with E-state index in [9.17, 15) is 17.6 Å². The quantitative estimate of drug-likeness (QED) is 0.609. The minimum Gasteiger partial charge on any atom is -0.457 e. The number of carbonyl (C=O) groups is 1. The molecule has 0 aliphatic heterocycles. The van der Waals surface area contributed by atoms with Crippen molar-refractivity contribution in [1.82, 2.24) is 0 Å². The first kappa shape index (κ1) is 21.3. The summed E-state index contributed by atoms with van der Waals surface area (Å²) in [7, 11) is -3.74. The summed E-state index contributed by atoms with van der Waals surface area (Å²) >= 11 is 5.82. The summed E-state index contributed by atoms with van der Waals surface area (Å²) in [6, 6.07) is 15.5. The Labute approximate surface area is 177 Å². The lowest BCUT2D eigenvalue weighted by Gasteiger charge is -2.12. The van der Waals surface area contributed by atoms with E-state index in [1.807, 2.05) is 6.07 Å². The van der Waals surface area contributed by atoms with E-state index >= 15 is 0 Å². The number of nitrogens with zero attached hydrogens (tertiary/aromatic N) is 1. The van der Waals surface area contributed by atoms with Crippen molar-refractivity contribution >= 4 is 33.0 Å². The van der Waals surface area contributed by atoms with Gasteiger partial charge in [-0.2, -0.15) is 5.26 Å². The van der Waals surface area contributed by atoms with Gasteiger partial charge in [-0.1, -0.05) is 11.6 Å². The first-order valence-corrected chi connectivity index (χ1v) is 10.7. The van der Waals surface area contributed by atoms with Gasteiger partial charge in [0.1, 0.15) is 17.3 Å². The molecule has 0 saturated carbocycles. The van der Waals surface area contributed by atoms with Crippen molar-refractivity contribution in [1.29, 1.82) is 5.26 Å². The number of nitriles is 1. The molecule has 3 aromatic rings. The van der Waals surface area contributed by atoms with Crippen molar-refractivity contribution in [2.24, 2.45) is 0 Å². The molecule has 0 aliphatic carbocycles. The molecular weight excluding hydrogens is 431 g/mol. The Morgan fingerprint density at radius 2 is 1.77 bits per heavy atom. The largest absolute Gasteiger partial charge is 0.457 e. The molecule has 9 heteroatoms. The Morgan fingerprint density at radius 1 is 1.07 bits per heavy atom. The van der Waals surface area contributed by atoms with Crippen LogP contribution in [-0.2, 0) is 9.84 Å². The molecule has 6 nitrogen and oxygen atoms in total. The molecule has 0 bridgehead atoms. The summed E-state index contributed by atoms with van der Waals surface area (Å²) in [5.74, 6) is -0.966. The number of halogens is 2. The highest BCUT2D eigenvalue weighted by atomic mass is 35.5. The third-order valence-electron chi connectivity index (χ3n) is 3.93. The van der Waals surface area contributed by atoms with E-state index in [0.29, 0.717) is 10.8 Å². The summed E-state index contributed by atoms with van der Waals surface area (Å²) in [6.07, 6.45) is 0.950. The average molecular weight is 445 g/mol. The van der Waals surface area contributed by atoms with E-state index in [-0.39, 0.29) is 27.5 Å². The summed E-state index contributed by atoms with van der Waals surface area (Å²) < 4.78 is 43.6. The van der Waals surface area contributed by atoms with Crippen LogP contribution in [0.25, 0.3) is 0 Å². The maximum Gasteiger partial charge on any atom is 0.257 e. The van der Waals surface area contributed by atoms with Gasteiger partial charge in [-0.25, -0.2) is 12.8 Å². The Hall–Kier alpha value is -3.41. The third-order valence-corrected chi connectivity index (χ3v) is 5.34. The van der Waals surface area contributed by atoms with Crippen molar-refractivity contribution in [3.8, 4) is 17.6 Å². The number of sulfone groups is 1. The van der Waals surface area contributed by atoms with Crippen LogP contribution in [0, 0.1) is 17.1 Å². The number of rotatable bonds is 5. The summed E-state index contributed by atoms with van der Waals surface area (Å²) in [5.41, 5.74) is -0.0645. The van der Waals surface area contributed by atoms with Gasteiger partial charge in [-0.05, 0) is 48.5 Å². The molecule has 0 heterocycles. The predicted molar refractivity (Wildman–Crippen MR) is 110 cm³/mol. The Balaban J connectivity index is 1.91. The van der Waals surface area contributed by atoms with Gasteiger partial charge in [0.2, 0.25) is 0 Å². The van der Waals surface area contributed by atoms with Gasteiger partial charge in [-0.15, -0.1) is 0 Å². The summed E-state index contributed by atoms with van der Waals surface area (Å²) in [5, 5.41) is 12.0. The smallest absolute Gasteiger partial charge is 0.257 e. The standard InChI is InChI=1S/C21H14ClFN2O4S/c1-30(27,28)20-7-2-13(12-24)8-19(20)21(26)25-16-9-15(23)10-18(11-16)29-17-5-3-14(22)4-6-17/h2-11H,1H3,(H,25,26). The lowest BCUT2D eigenvalue weighted by atomic mass is 10.1. The molecule has 152 valence electrons. The van der Waals surface area contributed by atoms with E-state index in [4.69, 9.17) is 21.6 Å². The molecule has 0 radical (unpaired) electrons. The summed E-state index contributed by atoms with van der Waals surface area (Å²) in [6.45, 7) is 0. The molecule has 30 heavy (non-hydrogen) atoms. The topological polar surface area (TPSA) is 96.3 Å². The molecule has 0 aromatic heterocycles. The molecule has 1 amide bonds. The molecule has 0 saturated heterocycles. The van der Waals surface area contributed by atoms with Gasteiger partial charge in [0, 0.05) is 29.1 Å². The monoisotopic (exact) mass is 444 g/mol. The first-order chi connectivity index (χ1) is 14.2. The number of ether oxygens (including phenoxy) is 1. The molecule has 3 rings (SSSR count). The second kappa shape index (κ2) is 8.53. The van der Waals surface area contributed by atoms with Crippen LogP contribution in [0.2, 0.25) is 5.02 Å². The van der Waals surface area contributed by atoms with Gasteiger partial charge in [0.15, 0.2) is 9.84 Å². The highest BCUT2D eigenvalue weighted by molar-refractivity contribution is 7.90. The van der Waals surface area contributed by atoms with Crippen LogP contribution in [0.1, 0.15) is 15.9 Å². The number of hydrogen-bond acceptors (Lipinski definition) is 5. The van der Waals surface area contributed by atoms with Crippen LogP contribution in [0.4, 0.5) is 10.1 Å². The molecule has 3 aromatic carbocycles. The van der Waals surface area contributed by atoms with Crippen molar-refractivity contribution in [3.63, 3.8) is 0 Å². The highest BCUT2D eigenvalue weighted by Gasteiger charge is 2.20. The van der Waals surface area contributed by atoms with Crippen molar-refractivity contribution in [3.05, 3.63) is 82.6 Å². The minimum absolute atomic E-state index is 0.0470. The van der Waals surface area contributed by atoms with E-state index < -0.39 is 21.6 Å². The number of amides is 1. The molecule has 0 unspecified atom stereocenters. The van der Waals surface area contributed by atoms with Crippen LogP contribution in [0.3, 0.4) is 0 Å². The number of anilines is 1. The maximum atomic E-state index is 14.0. The van der Waals surface area contributed by atoms with Gasteiger partial charge < -0.3 is 10.1 Å². The molecule has 0 aliphatic rings. The third kappa shape index (κ3) is 5.14. The number of carbonyl (C=O) groups excluding carboxylic acids is 1. The van der Waals surface area contributed by atoms with Crippen LogP contribution < -0.4 is 10.1 Å². The number of benzene rings is 3. The van der Waals surface area contributed by atoms with Gasteiger partial charge in [0.25, 0.3) is 5.91 Å². The number of nitrogens with one attached hydrogen (secondary N) is 1. The fraction of sp³-hybridized carbons (Fsp3) is 0.0476. The second-order valence-corrected chi connectivity index (χ2v) is 8.70. The zero-order valence-corrected chi connectivity index (χ0v) is 17.1. The first-order valence-electron chi connectivity index (χ1n) is 8.45. The van der Waals surface area contributed by atoms with Gasteiger partial charge >= 0.3 is 0 Å². The van der Waals surface area contributed by atoms with E-state index in [1.54, 1.807) is 24.3 Å². The Bertz CT molecular complexity index is 1270. The zero-order valence-electron chi connectivity index (χ0n) is 15.5. The van der Waals surface area contributed by atoms with Crippen LogP contribution in [0.15, 0.2) is 65.6 Å². The fourth-order valence-corrected chi connectivity index (χ4v) is 3.62. The van der Waals surface area contributed by atoms with E-state index in [0.717, 1.165) is 24.5 Å². The van der Waals surface area contributed by atoms with Crippen LogP contribution in [0.5, 0.6) is 11.5 Å². The molecule has 1 N–H and O–H groups in total. The molecule has 0 atom stereocenters. The van der Waals surface area contributed by atoms with Crippen molar-refractivity contribution in [2.45, 2.75) is 4.90 Å². The Kier molecular flexibility index (Phi) is 6.06. The van der Waals surface area contributed by atoms with Crippen LogP contribution >= 0.6 is 11.6 Å². The lowest BCUT2D eigenvalue weighted by molar-refractivity contribution is 0.102. The summed E-state index contributed by atoms with van der Waals surface area (Å²) in [4.78, 5) is 12.5. The predicted octanol–water partition coefficient (Wildman–Crippen LogP) is 4.80. The molecule has 0 spiro atoms. The SMILES string of the molecule is CS(=O)(=O)c1ccc(C#N)cc1C(=O)Nc1cc(F)cc(Oc2ccc(Cl)cc2)c1. The number of hydrogen-bond donors (Lipinski definition) is 1. The van der Waals surface area contributed by atoms with E-state index in [1.165, 1.54) is 18.2 Å². The zero-order chi connectivity index (χ0) is 21.9. The second-order valence-electron chi connectivity index (χ2n) is 6.28. The Morgan fingerprint density at radius 3 is 2.40 bits per heavy atom. The molecular formula is C21H14ClFN2O4S. The van der Waals surface area contributed by atoms with Crippen LogP contribution in [-0.4, -0.2) is 20.6 Å². The average Bonchev–Trinajstić information content (AvgIpc) is 2.68. The van der Waals surface area contributed by atoms with Gasteiger partial charge in [0.05, 0.1) is 22.1 Å². The van der Waals surface area contributed by atoms with Gasteiger partial charge in [-0.3, -0.25) is 4.79 Å². The fourth-order valence-electron chi connectivity index (χ4n) is 2.63. The van der Waals surface area contributed by atoms with Crippen molar-refractivity contribution < 1.29 is 22.3 Å². The lowest BCUT2D eigenvalue weighted by Crippen LogP contribution is -2.16. The van der Waals surface area contributed by atoms with Crippen molar-refractivity contribution in [2.75, 3.05) is 11.6 Å². The normalized spacial score (nSPS) is 10.9. The highest BCUT2D eigenvalue weighted by Crippen LogP contribution is 2.27. The van der Waals surface area contributed by atoms with E-state index in [2.05, 4.69) is 5.32 Å². The minimum atomic E-state index is -3.74. The molecule has 0 fully saturated rings.